The Labute approximate surface area is 372 Å². The van der Waals surface area contributed by atoms with Crippen LogP contribution in [0.4, 0.5) is 17.1 Å². The van der Waals surface area contributed by atoms with E-state index in [1.807, 2.05) is 12.1 Å². The van der Waals surface area contributed by atoms with Crippen LogP contribution in [0.5, 0.6) is 0 Å². The zero-order valence-electron chi connectivity index (χ0n) is 33.9. The average Bonchev–Trinajstić information content (AvgIpc) is 4.00. The molecule has 0 spiro atoms. The summed E-state index contributed by atoms with van der Waals surface area (Å²) < 4.78 is 12.4. The van der Waals surface area contributed by atoms with E-state index in [0.29, 0.717) is 0 Å². The Morgan fingerprint density at radius 2 is 0.794 bits per heavy atom. The highest BCUT2D eigenvalue weighted by Crippen LogP contribution is 2.55. The van der Waals surface area contributed by atoms with Crippen molar-refractivity contribution in [2.45, 2.75) is 0 Å². The first kappa shape index (κ1) is 35.9. The first-order chi connectivity index (χ1) is 31.2. The van der Waals surface area contributed by atoms with E-state index in [1.165, 1.54) is 61.1 Å². The third-order valence-electron chi connectivity index (χ3n) is 12.7. The molecule has 0 bridgehead atoms. The van der Waals surface area contributed by atoms with Gasteiger partial charge in [-0.25, -0.2) is 0 Å². The van der Waals surface area contributed by atoms with Gasteiger partial charge in [-0.15, -0.1) is 0 Å². The molecule has 4 nitrogen and oxygen atoms in total. The Hall–Kier alpha value is -7.86. The Bertz CT molecular complexity index is 3740. The lowest BCUT2D eigenvalue weighted by Gasteiger charge is -2.26. The van der Waals surface area contributed by atoms with Gasteiger partial charge >= 0.3 is 0 Å². The molecule has 1 aliphatic carbocycles. The van der Waals surface area contributed by atoms with Gasteiger partial charge in [0.1, 0.15) is 11.2 Å². The topological polar surface area (TPSA) is 26.2 Å². The molecule has 3 aromatic heterocycles. The molecule has 0 aliphatic heterocycles. The number of furan rings is 1. The van der Waals surface area contributed by atoms with Crippen molar-refractivity contribution < 1.29 is 4.42 Å². The lowest BCUT2D eigenvalue weighted by atomic mass is 9.84. The molecule has 0 radical (unpaired) electrons. The molecule has 0 atom stereocenters. The minimum Gasteiger partial charge on any atom is -0.456 e. The van der Waals surface area contributed by atoms with Crippen LogP contribution in [0.1, 0.15) is 0 Å². The molecule has 0 amide bonds. The minimum atomic E-state index is 0.866. The lowest BCUT2D eigenvalue weighted by molar-refractivity contribution is 0.669. The van der Waals surface area contributed by atoms with Gasteiger partial charge in [-0.1, -0.05) is 137 Å². The zero-order chi connectivity index (χ0) is 41.6. The van der Waals surface area contributed by atoms with Crippen molar-refractivity contribution in [3.05, 3.63) is 223 Å². The summed E-state index contributed by atoms with van der Waals surface area (Å²) in [5.41, 5.74) is 19.0. The summed E-state index contributed by atoms with van der Waals surface area (Å²) in [6, 6.07) is 78.8. The molecule has 5 heteroatoms. The van der Waals surface area contributed by atoms with E-state index in [1.54, 1.807) is 0 Å². The second-order valence-corrected chi connectivity index (χ2v) is 17.1. The van der Waals surface area contributed by atoms with Crippen LogP contribution in [0.3, 0.4) is 0 Å². The molecule has 12 aromatic rings. The number of fused-ring (bicyclic) bond motifs is 15. The number of rotatable bonds is 5. The SMILES string of the molecule is Brc1ccc(-n2c3c(c4ccccc42)-c2ccccc2-c2c(c4ccccc4n2-c2ccc(N(c4ccccc4)c4ccc5c(c4)oc4ccccc45)cc2)-c2ccccc2-3)cc1. The molecule has 0 fully saturated rings. The summed E-state index contributed by atoms with van der Waals surface area (Å²) in [7, 11) is 0. The predicted octanol–water partition coefficient (Wildman–Crippen LogP) is 16.7. The van der Waals surface area contributed by atoms with Gasteiger partial charge in [-0.05, 0) is 102 Å². The van der Waals surface area contributed by atoms with Crippen LogP contribution < -0.4 is 4.90 Å². The number of hydrogen-bond donors (Lipinski definition) is 0. The van der Waals surface area contributed by atoms with Gasteiger partial charge in [-0.3, -0.25) is 0 Å². The zero-order valence-corrected chi connectivity index (χ0v) is 35.5. The van der Waals surface area contributed by atoms with Crippen molar-refractivity contribution in [3.8, 4) is 56.1 Å². The Kier molecular flexibility index (Phi) is 8.02. The monoisotopic (exact) mass is 869 g/mol. The lowest BCUT2D eigenvalue weighted by Crippen LogP contribution is -2.10. The van der Waals surface area contributed by atoms with Gasteiger partial charge in [0.2, 0.25) is 0 Å². The summed E-state index contributed by atoms with van der Waals surface area (Å²) in [6.45, 7) is 0. The number of halogens is 1. The van der Waals surface area contributed by atoms with Crippen LogP contribution in [-0.2, 0) is 0 Å². The van der Waals surface area contributed by atoms with Crippen molar-refractivity contribution in [1.82, 2.24) is 9.13 Å². The van der Waals surface area contributed by atoms with Crippen LogP contribution in [-0.4, -0.2) is 9.13 Å². The van der Waals surface area contributed by atoms with Gasteiger partial charge in [0.25, 0.3) is 0 Å². The quantitative estimate of drug-likeness (QED) is 0.172. The number of aromatic nitrogens is 2. The van der Waals surface area contributed by atoms with Crippen LogP contribution in [0.2, 0.25) is 0 Å². The molecular formula is C58H36BrN3O. The fourth-order valence-electron chi connectivity index (χ4n) is 10.1. The van der Waals surface area contributed by atoms with E-state index in [9.17, 15) is 0 Å². The summed E-state index contributed by atoms with van der Waals surface area (Å²) in [5, 5.41) is 4.66. The van der Waals surface area contributed by atoms with E-state index in [0.717, 1.165) is 60.4 Å². The van der Waals surface area contributed by atoms with Crippen LogP contribution in [0.25, 0.3) is 99.9 Å². The fourth-order valence-corrected chi connectivity index (χ4v) is 10.4. The summed E-state index contributed by atoms with van der Waals surface area (Å²) in [4.78, 5) is 2.31. The van der Waals surface area contributed by atoms with Crippen LogP contribution in [0, 0.1) is 0 Å². The molecule has 0 N–H and O–H groups in total. The first-order valence-electron chi connectivity index (χ1n) is 21.3. The van der Waals surface area contributed by atoms with E-state index < -0.39 is 0 Å². The predicted molar refractivity (Wildman–Crippen MR) is 265 cm³/mol. The highest BCUT2D eigenvalue weighted by molar-refractivity contribution is 9.10. The van der Waals surface area contributed by atoms with E-state index in [2.05, 4.69) is 236 Å². The smallest absolute Gasteiger partial charge is 0.137 e. The highest BCUT2D eigenvalue weighted by Gasteiger charge is 2.32. The Morgan fingerprint density at radius 3 is 1.40 bits per heavy atom. The van der Waals surface area contributed by atoms with Gasteiger partial charge in [0.15, 0.2) is 0 Å². The molecule has 0 saturated heterocycles. The molecule has 1 aliphatic rings. The second kappa shape index (κ2) is 14.1. The molecule has 13 rings (SSSR count). The van der Waals surface area contributed by atoms with Crippen molar-refractivity contribution in [1.29, 1.82) is 0 Å². The normalized spacial score (nSPS) is 11.9. The van der Waals surface area contributed by atoms with Crippen molar-refractivity contribution in [2.75, 3.05) is 4.90 Å². The fraction of sp³-hybridized carbons (Fsp3) is 0. The molecule has 3 heterocycles. The van der Waals surface area contributed by atoms with E-state index in [4.69, 9.17) is 4.42 Å². The minimum absolute atomic E-state index is 0.866. The summed E-state index contributed by atoms with van der Waals surface area (Å²) >= 11 is 3.69. The van der Waals surface area contributed by atoms with E-state index >= 15 is 0 Å². The number of nitrogens with zero attached hydrogens (tertiary/aromatic N) is 3. The van der Waals surface area contributed by atoms with Crippen molar-refractivity contribution >= 4 is 76.7 Å². The molecule has 296 valence electrons. The van der Waals surface area contributed by atoms with Crippen molar-refractivity contribution in [3.63, 3.8) is 0 Å². The maximum atomic E-state index is 6.39. The van der Waals surface area contributed by atoms with Gasteiger partial charge in [-0.2, -0.15) is 0 Å². The molecule has 0 saturated carbocycles. The second-order valence-electron chi connectivity index (χ2n) is 16.2. The molecule has 63 heavy (non-hydrogen) atoms. The first-order valence-corrected chi connectivity index (χ1v) is 22.1. The summed E-state index contributed by atoms with van der Waals surface area (Å²) in [5.74, 6) is 0. The Balaban J connectivity index is 1.05. The molecule has 9 aromatic carbocycles. The molecule has 0 unspecified atom stereocenters. The van der Waals surface area contributed by atoms with Crippen molar-refractivity contribution in [2.24, 2.45) is 0 Å². The number of hydrogen-bond acceptors (Lipinski definition) is 2. The maximum Gasteiger partial charge on any atom is 0.137 e. The Morgan fingerprint density at radius 1 is 0.349 bits per heavy atom. The van der Waals surface area contributed by atoms with Crippen LogP contribution >= 0.6 is 15.9 Å². The van der Waals surface area contributed by atoms with Gasteiger partial charge < -0.3 is 18.5 Å². The highest BCUT2D eigenvalue weighted by atomic mass is 79.9. The maximum absolute atomic E-state index is 6.39. The van der Waals surface area contributed by atoms with Gasteiger partial charge in [0, 0.05) is 82.8 Å². The third-order valence-corrected chi connectivity index (χ3v) is 13.3. The largest absolute Gasteiger partial charge is 0.456 e. The summed E-state index contributed by atoms with van der Waals surface area (Å²) in [6.07, 6.45) is 0. The average molecular weight is 871 g/mol. The van der Waals surface area contributed by atoms with Gasteiger partial charge in [0.05, 0.1) is 22.4 Å². The number of para-hydroxylation sites is 4. The number of anilines is 3. The molecular weight excluding hydrogens is 835 g/mol. The standard InChI is InChI=1S/C58H36BrN3O/c59-37-26-28-40(29-27-37)61-51-23-11-8-21-49(51)55-46-18-5-7-20-48(46)58-56(45-17-4-6-19-47(45)57(55)61)50-22-9-12-24-52(50)62(58)41-32-30-39(31-33-41)60(38-14-2-1-3-15-38)42-34-35-44-43-16-10-13-25-53(43)63-54(44)36-42/h1-36H. The van der Waals surface area contributed by atoms with Crippen LogP contribution in [0.15, 0.2) is 227 Å². The number of benzene rings is 9. The third kappa shape index (κ3) is 5.46. The van der Waals surface area contributed by atoms with E-state index in [-0.39, 0.29) is 0 Å².